The third-order valence-corrected chi connectivity index (χ3v) is 3.44. The average molecular weight is 271 g/mol. The van der Waals surface area contributed by atoms with Gasteiger partial charge in [0.2, 0.25) is 10.0 Å². The number of rotatable bonds is 3. The van der Waals surface area contributed by atoms with E-state index in [1.165, 1.54) is 0 Å². The molecule has 0 fully saturated rings. The lowest BCUT2D eigenvalue weighted by Gasteiger charge is -2.15. The number of ether oxygens (including phenoxy) is 2. The minimum atomic E-state index is -3.22. The Morgan fingerprint density at radius 1 is 1.22 bits per heavy atom. The van der Waals surface area contributed by atoms with E-state index in [0.29, 0.717) is 24.7 Å². The highest BCUT2D eigenvalue weighted by atomic mass is 32.2. The molecule has 2 rings (SSSR count). The Balaban J connectivity index is 2.22. The van der Waals surface area contributed by atoms with Crippen LogP contribution in [0.5, 0.6) is 11.5 Å². The highest BCUT2D eigenvalue weighted by Gasteiger charge is 2.15. The van der Waals surface area contributed by atoms with E-state index in [0.717, 1.165) is 18.2 Å². The maximum Gasteiger partial charge on any atom is 0.209 e. The molecule has 1 atom stereocenters. The Kier molecular flexibility index (Phi) is 3.77. The van der Waals surface area contributed by atoms with Crippen molar-refractivity contribution in [2.45, 2.75) is 19.4 Å². The lowest BCUT2D eigenvalue weighted by atomic mass is 10.1. The van der Waals surface area contributed by atoms with Crippen molar-refractivity contribution in [3.63, 3.8) is 0 Å². The SMILES string of the molecule is C[C@H](NS(C)(=O)=O)c1ccc2c(c1)OCCCO2. The summed E-state index contributed by atoms with van der Waals surface area (Å²) in [5.41, 5.74) is 0.852. The van der Waals surface area contributed by atoms with Gasteiger partial charge in [-0.2, -0.15) is 0 Å². The van der Waals surface area contributed by atoms with Crippen molar-refractivity contribution in [2.75, 3.05) is 19.5 Å². The Morgan fingerprint density at radius 3 is 2.56 bits per heavy atom. The summed E-state index contributed by atoms with van der Waals surface area (Å²) in [4.78, 5) is 0. The van der Waals surface area contributed by atoms with Crippen molar-refractivity contribution < 1.29 is 17.9 Å². The fourth-order valence-corrected chi connectivity index (χ4v) is 2.62. The first-order chi connectivity index (χ1) is 8.46. The van der Waals surface area contributed by atoms with Gasteiger partial charge in [0.25, 0.3) is 0 Å². The van der Waals surface area contributed by atoms with Crippen LogP contribution >= 0.6 is 0 Å². The molecule has 1 aliphatic rings. The van der Waals surface area contributed by atoms with Crippen molar-refractivity contribution in [1.82, 2.24) is 4.72 Å². The summed E-state index contributed by atoms with van der Waals surface area (Å²) in [7, 11) is -3.22. The molecule has 0 saturated carbocycles. The highest BCUT2D eigenvalue weighted by molar-refractivity contribution is 7.88. The smallest absolute Gasteiger partial charge is 0.209 e. The summed E-state index contributed by atoms with van der Waals surface area (Å²) in [6.45, 7) is 3.05. The number of sulfonamides is 1. The molecular formula is C12H17NO4S. The van der Waals surface area contributed by atoms with Crippen LogP contribution in [-0.2, 0) is 10.0 Å². The number of benzene rings is 1. The monoisotopic (exact) mass is 271 g/mol. The molecule has 0 bridgehead atoms. The van der Waals surface area contributed by atoms with Crippen molar-refractivity contribution in [2.24, 2.45) is 0 Å². The molecule has 0 saturated heterocycles. The van der Waals surface area contributed by atoms with Crippen molar-refractivity contribution >= 4 is 10.0 Å². The van der Waals surface area contributed by atoms with Crippen molar-refractivity contribution in [3.8, 4) is 11.5 Å². The van der Waals surface area contributed by atoms with Gasteiger partial charge in [0.05, 0.1) is 19.5 Å². The fraction of sp³-hybridized carbons (Fsp3) is 0.500. The topological polar surface area (TPSA) is 64.6 Å². The lowest BCUT2D eigenvalue weighted by Crippen LogP contribution is -2.25. The Bertz CT molecular complexity index is 527. The van der Waals surface area contributed by atoms with Crippen LogP contribution in [0, 0.1) is 0 Å². The maximum absolute atomic E-state index is 11.2. The van der Waals surface area contributed by atoms with Gasteiger partial charge in [-0.25, -0.2) is 13.1 Å². The summed E-state index contributed by atoms with van der Waals surface area (Å²) in [6.07, 6.45) is 1.99. The second-order valence-electron chi connectivity index (χ2n) is 4.37. The number of hydrogen-bond donors (Lipinski definition) is 1. The number of nitrogens with one attached hydrogen (secondary N) is 1. The summed E-state index contributed by atoms with van der Waals surface area (Å²) in [5.74, 6) is 1.38. The fourth-order valence-electron chi connectivity index (χ4n) is 1.84. The zero-order valence-electron chi connectivity index (χ0n) is 10.5. The Hall–Kier alpha value is -1.27. The molecule has 0 radical (unpaired) electrons. The van der Waals surface area contributed by atoms with Gasteiger partial charge in [-0.15, -0.1) is 0 Å². The van der Waals surface area contributed by atoms with Gasteiger partial charge in [-0.3, -0.25) is 0 Å². The molecule has 1 aliphatic heterocycles. The van der Waals surface area contributed by atoms with Gasteiger partial charge in [-0.05, 0) is 24.6 Å². The quantitative estimate of drug-likeness (QED) is 0.904. The highest BCUT2D eigenvalue weighted by Crippen LogP contribution is 2.32. The summed E-state index contributed by atoms with van der Waals surface area (Å²) >= 11 is 0. The number of fused-ring (bicyclic) bond motifs is 1. The van der Waals surface area contributed by atoms with E-state index in [2.05, 4.69) is 4.72 Å². The molecule has 0 aliphatic carbocycles. The first kappa shape index (κ1) is 13.2. The van der Waals surface area contributed by atoms with Gasteiger partial charge in [0.15, 0.2) is 11.5 Å². The molecule has 0 unspecified atom stereocenters. The molecule has 18 heavy (non-hydrogen) atoms. The standard InChI is InChI=1S/C12H17NO4S/c1-9(13-18(2,14)15)10-4-5-11-12(8-10)17-7-3-6-16-11/h4-5,8-9,13H,3,6-7H2,1-2H3/t9-/m0/s1. The largest absolute Gasteiger partial charge is 0.490 e. The molecule has 1 N–H and O–H groups in total. The van der Waals surface area contributed by atoms with Crippen LogP contribution < -0.4 is 14.2 Å². The average Bonchev–Trinajstić information content (AvgIpc) is 2.50. The molecule has 6 heteroatoms. The molecule has 0 aromatic heterocycles. The predicted octanol–water partition coefficient (Wildman–Crippen LogP) is 1.46. The van der Waals surface area contributed by atoms with Crippen LogP contribution in [0.4, 0.5) is 0 Å². The van der Waals surface area contributed by atoms with Gasteiger partial charge in [0, 0.05) is 12.5 Å². The minimum absolute atomic E-state index is 0.294. The van der Waals surface area contributed by atoms with E-state index in [4.69, 9.17) is 9.47 Å². The van der Waals surface area contributed by atoms with Gasteiger partial charge < -0.3 is 9.47 Å². The molecule has 1 heterocycles. The Labute approximate surface area is 107 Å². The zero-order valence-corrected chi connectivity index (χ0v) is 11.3. The van der Waals surface area contributed by atoms with E-state index in [9.17, 15) is 8.42 Å². The third-order valence-electron chi connectivity index (χ3n) is 2.66. The molecule has 5 nitrogen and oxygen atoms in total. The summed E-state index contributed by atoms with van der Waals surface area (Å²) in [5, 5.41) is 0. The normalized spacial score (nSPS) is 17.0. The minimum Gasteiger partial charge on any atom is -0.490 e. The molecule has 1 aromatic carbocycles. The van der Waals surface area contributed by atoms with E-state index >= 15 is 0 Å². The van der Waals surface area contributed by atoms with Gasteiger partial charge in [0.1, 0.15) is 0 Å². The molecule has 100 valence electrons. The predicted molar refractivity (Wildman–Crippen MR) is 68.4 cm³/mol. The van der Waals surface area contributed by atoms with Crippen LogP contribution in [0.1, 0.15) is 24.9 Å². The van der Waals surface area contributed by atoms with E-state index in [1.54, 1.807) is 6.92 Å². The molecule has 0 spiro atoms. The van der Waals surface area contributed by atoms with Crippen LogP contribution in [0.2, 0.25) is 0 Å². The van der Waals surface area contributed by atoms with Crippen LogP contribution in [0.3, 0.4) is 0 Å². The van der Waals surface area contributed by atoms with Gasteiger partial charge in [-0.1, -0.05) is 6.07 Å². The maximum atomic E-state index is 11.2. The van der Waals surface area contributed by atoms with E-state index in [-0.39, 0.29) is 6.04 Å². The third kappa shape index (κ3) is 3.36. The second-order valence-corrected chi connectivity index (χ2v) is 6.15. The van der Waals surface area contributed by atoms with Crippen LogP contribution in [-0.4, -0.2) is 27.9 Å². The van der Waals surface area contributed by atoms with Gasteiger partial charge >= 0.3 is 0 Å². The first-order valence-corrected chi connectivity index (χ1v) is 7.72. The summed E-state index contributed by atoms with van der Waals surface area (Å²) in [6, 6.07) is 5.19. The van der Waals surface area contributed by atoms with Crippen molar-refractivity contribution in [1.29, 1.82) is 0 Å². The van der Waals surface area contributed by atoms with Crippen LogP contribution in [0.25, 0.3) is 0 Å². The summed E-state index contributed by atoms with van der Waals surface area (Å²) < 4.78 is 36.0. The van der Waals surface area contributed by atoms with Crippen LogP contribution in [0.15, 0.2) is 18.2 Å². The first-order valence-electron chi connectivity index (χ1n) is 5.82. The molecule has 0 amide bonds. The lowest BCUT2D eigenvalue weighted by molar-refractivity contribution is 0.297. The molecular weight excluding hydrogens is 254 g/mol. The van der Waals surface area contributed by atoms with Crippen molar-refractivity contribution in [3.05, 3.63) is 23.8 Å². The number of hydrogen-bond acceptors (Lipinski definition) is 4. The van der Waals surface area contributed by atoms with E-state index in [1.807, 2.05) is 18.2 Å². The van der Waals surface area contributed by atoms with E-state index < -0.39 is 10.0 Å². The zero-order chi connectivity index (χ0) is 13.2. The Morgan fingerprint density at radius 2 is 1.89 bits per heavy atom. The molecule has 1 aromatic rings. The second kappa shape index (κ2) is 5.16.